The first-order chi connectivity index (χ1) is 12.5. The molecule has 2 heterocycles. The molecule has 1 aliphatic heterocycles. The number of piperidine rings is 1. The summed E-state index contributed by atoms with van der Waals surface area (Å²) >= 11 is 5.20. The number of hydrogen-bond donors (Lipinski definition) is 1. The number of hydrogen-bond acceptors (Lipinski definition) is 5. The second-order valence-corrected chi connectivity index (χ2v) is 8.82. The highest BCUT2D eigenvalue weighted by Gasteiger charge is 2.33. The van der Waals surface area contributed by atoms with Crippen LogP contribution in [0.5, 0.6) is 11.5 Å². The molecule has 0 spiro atoms. The number of likely N-dealkylation sites (tertiary alicyclic amines) is 1. The molecule has 140 valence electrons. The third kappa shape index (κ3) is 4.05. The van der Waals surface area contributed by atoms with Crippen LogP contribution in [-0.4, -0.2) is 43.3 Å². The molecule has 1 aliphatic rings. The molecule has 1 saturated heterocycles. The number of rotatable bonds is 6. The van der Waals surface area contributed by atoms with Crippen LogP contribution < -0.4 is 9.47 Å². The first-order valence-corrected chi connectivity index (χ1v) is 10.1. The smallest absolute Gasteiger partial charge is 0.307 e. The molecule has 0 amide bonds. The minimum atomic E-state index is -0.724. The molecule has 5 nitrogen and oxygen atoms in total. The van der Waals surface area contributed by atoms with Gasteiger partial charge < -0.3 is 14.6 Å². The molecule has 1 aromatic heterocycles. The Balaban J connectivity index is 2.06. The van der Waals surface area contributed by atoms with E-state index in [0.717, 1.165) is 45.1 Å². The van der Waals surface area contributed by atoms with Gasteiger partial charge in [-0.25, -0.2) is 0 Å². The van der Waals surface area contributed by atoms with Crippen molar-refractivity contribution in [2.75, 3.05) is 27.3 Å². The van der Waals surface area contributed by atoms with Gasteiger partial charge in [0, 0.05) is 17.0 Å². The van der Waals surface area contributed by atoms with Gasteiger partial charge in [0.15, 0.2) is 0 Å². The maximum Gasteiger partial charge on any atom is 0.307 e. The fourth-order valence-corrected chi connectivity index (χ4v) is 5.08. The lowest BCUT2D eigenvalue weighted by atomic mass is 9.93. The van der Waals surface area contributed by atoms with Crippen LogP contribution in [0.3, 0.4) is 0 Å². The first-order valence-electron chi connectivity index (χ1n) is 8.47. The van der Waals surface area contributed by atoms with Gasteiger partial charge in [0.1, 0.15) is 11.5 Å². The zero-order valence-corrected chi connectivity index (χ0v) is 17.2. The molecule has 0 aliphatic carbocycles. The second kappa shape index (κ2) is 8.41. The largest absolute Gasteiger partial charge is 0.497 e. The number of benzene rings is 1. The molecule has 1 aromatic carbocycles. The van der Waals surface area contributed by atoms with Crippen molar-refractivity contribution in [3.05, 3.63) is 44.6 Å². The Morgan fingerprint density at radius 2 is 2.12 bits per heavy atom. The number of carbonyl (C=O) groups is 1. The minimum absolute atomic E-state index is 0.0708. The maximum absolute atomic E-state index is 11.5. The summed E-state index contributed by atoms with van der Waals surface area (Å²) < 4.78 is 12.1. The van der Waals surface area contributed by atoms with Crippen molar-refractivity contribution in [1.29, 1.82) is 0 Å². The van der Waals surface area contributed by atoms with Crippen molar-refractivity contribution in [2.24, 2.45) is 5.92 Å². The number of nitrogens with zero attached hydrogens (tertiary/aromatic N) is 1. The lowest BCUT2D eigenvalue weighted by molar-refractivity contribution is -0.143. The molecule has 3 rings (SSSR count). The number of aliphatic carboxylic acids is 1. The van der Waals surface area contributed by atoms with Crippen LogP contribution in [-0.2, 0) is 4.79 Å². The summed E-state index contributed by atoms with van der Waals surface area (Å²) in [6.45, 7) is 1.38. The topological polar surface area (TPSA) is 59.0 Å². The minimum Gasteiger partial charge on any atom is -0.497 e. The van der Waals surface area contributed by atoms with Crippen molar-refractivity contribution in [3.8, 4) is 11.5 Å². The van der Waals surface area contributed by atoms with Gasteiger partial charge in [-0.15, -0.1) is 11.3 Å². The number of thiophene rings is 1. The second-order valence-electron chi connectivity index (χ2n) is 6.32. The van der Waals surface area contributed by atoms with E-state index in [-0.39, 0.29) is 12.0 Å². The van der Waals surface area contributed by atoms with E-state index in [9.17, 15) is 9.90 Å². The lowest BCUT2D eigenvalue weighted by Crippen LogP contribution is -2.41. The Morgan fingerprint density at radius 3 is 2.73 bits per heavy atom. The highest BCUT2D eigenvalue weighted by molar-refractivity contribution is 9.11. The van der Waals surface area contributed by atoms with Gasteiger partial charge in [0.25, 0.3) is 0 Å². The van der Waals surface area contributed by atoms with E-state index in [0.29, 0.717) is 6.54 Å². The number of halogens is 1. The molecule has 1 fully saturated rings. The molecular formula is C19H22BrNO4S. The van der Waals surface area contributed by atoms with Crippen molar-refractivity contribution in [2.45, 2.75) is 18.9 Å². The van der Waals surface area contributed by atoms with Crippen LogP contribution in [0, 0.1) is 5.92 Å². The number of carboxylic acids is 1. The molecular weight excluding hydrogens is 418 g/mol. The third-order valence-electron chi connectivity index (χ3n) is 4.76. The predicted molar refractivity (Wildman–Crippen MR) is 105 cm³/mol. The molecule has 7 heteroatoms. The van der Waals surface area contributed by atoms with Crippen molar-refractivity contribution in [1.82, 2.24) is 4.90 Å². The summed E-state index contributed by atoms with van der Waals surface area (Å²) in [4.78, 5) is 14.9. The number of carboxylic acid groups (broad SMARTS) is 1. The fourth-order valence-electron chi connectivity index (χ4n) is 3.50. The quantitative estimate of drug-likeness (QED) is 0.721. The monoisotopic (exact) mass is 439 g/mol. The Kier molecular flexibility index (Phi) is 6.21. The average Bonchev–Trinajstić information content (AvgIpc) is 3.08. The van der Waals surface area contributed by atoms with Gasteiger partial charge in [0.2, 0.25) is 0 Å². The van der Waals surface area contributed by atoms with Crippen LogP contribution in [0.25, 0.3) is 0 Å². The van der Waals surface area contributed by atoms with Gasteiger partial charge in [-0.2, -0.15) is 0 Å². The normalized spacial score (nSPS) is 19.1. The summed E-state index contributed by atoms with van der Waals surface area (Å²) in [7, 11) is 3.30. The first kappa shape index (κ1) is 19.2. The summed E-state index contributed by atoms with van der Waals surface area (Å²) in [5, 5.41) is 9.49. The zero-order chi connectivity index (χ0) is 18.7. The predicted octanol–water partition coefficient (Wildman–Crippen LogP) is 4.41. The van der Waals surface area contributed by atoms with Crippen LogP contribution in [0.4, 0.5) is 0 Å². The van der Waals surface area contributed by atoms with E-state index in [2.05, 4.69) is 26.9 Å². The van der Waals surface area contributed by atoms with Gasteiger partial charge in [-0.1, -0.05) is 0 Å². The SMILES string of the molecule is COc1ccc(OC)c(C(c2ccc(Br)s2)N2CCCC(C(=O)O)C2)c1. The highest BCUT2D eigenvalue weighted by Crippen LogP contribution is 2.42. The van der Waals surface area contributed by atoms with Crippen LogP contribution in [0.1, 0.15) is 29.3 Å². The van der Waals surface area contributed by atoms with E-state index < -0.39 is 5.97 Å². The van der Waals surface area contributed by atoms with Crippen molar-refractivity contribution >= 4 is 33.2 Å². The Labute approximate surface area is 165 Å². The molecule has 2 aromatic rings. The molecule has 0 bridgehead atoms. The summed E-state index contributed by atoms with van der Waals surface area (Å²) in [5.41, 5.74) is 0.993. The number of methoxy groups -OCH3 is 2. The maximum atomic E-state index is 11.5. The average molecular weight is 440 g/mol. The van der Waals surface area contributed by atoms with E-state index in [1.54, 1.807) is 25.6 Å². The Bertz CT molecular complexity index is 779. The van der Waals surface area contributed by atoms with Crippen molar-refractivity contribution in [3.63, 3.8) is 0 Å². The molecule has 2 atom stereocenters. The van der Waals surface area contributed by atoms with E-state index >= 15 is 0 Å². The number of ether oxygens (including phenoxy) is 2. The fraction of sp³-hybridized carbons (Fsp3) is 0.421. The van der Waals surface area contributed by atoms with Crippen molar-refractivity contribution < 1.29 is 19.4 Å². The highest BCUT2D eigenvalue weighted by atomic mass is 79.9. The van der Waals surface area contributed by atoms with Crippen LogP contribution in [0.15, 0.2) is 34.1 Å². The van der Waals surface area contributed by atoms with E-state index in [1.807, 2.05) is 24.3 Å². The molecule has 26 heavy (non-hydrogen) atoms. The summed E-state index contributed by atoms with van der Waals surface area (Å²) in [6.07, 6.45) is 1.59. The molecule has 0 saturated carbocycles. The molecule has 0 radical (unpaired) electrons. The molecule has 2 unspecified atom stereocenters. The summed E-state index contributed by atoms with van der Waals surface area (Å²) in [6, 6.07) is 9.81. The van der Waals surface area contributed by atoms with Gasteiger partial charge >= 0.3 is 5.97 Å². The Morgan fingerprint density at radius 1 is 1.31 bits per heavy atom. The van der Waals surface area contributed by atoms with E-state index in [1.165, 1.54) is 0 Å². The van der Waals surface area contributed by atoms with Gasteiger partial charge in [-0.05, 0) is 65.6 Å². The molecule has 1 N–H and O–H groups in total. The summed E-state index contributed by atoms with van der Waals surface area (Å²) in [5.74, 6) is 0.468. The Hall–Kier alpha value is -1.57. The lowest BCUT2D eigenvalue weighted by Gasteiger charge is -2.37. The zero-order valence-electron chi connectivity index (χ0n) is 14.8. The van der Waals surface area contributed by atoms with E-state index in [4.69, 9.17) is 9.47 Å². The third-order valence-corrected chi connectivity index (χ3v) is 6.44. The van der Waals surface area contributed by atoms with Crippen LogP contribution in [0.2, 0.25) is 0 Å². The van der Waals surface area contributed by atoms with Gasteiger partial charge in [-0.3, -0.25) is 9.69 Å². The van der Waals surface area contributed by atoms with Gasteiger partial charge in [0.05, 0.1) is 30.0 Å². The standard InChI is InChI=1S/C19H22BrNO4S/c1-24-13-5-6-15(25-2)14(10-13)18(16-7-8-17(20)26-16)21-9-3-4-12(11-21)19(22)23/h5-8,10,12,18H,3-4,9,11H2,1-2H3,(H,22,23). The van der Waals surface area contributed by atoms with Crippen LogP contribution >= 0.6 is 27.3 Å².